The Hall–Kier alpha value is -1.76. The number of carbonyl (C=O) groups is 1. The van der Waals surface area contributed by atoms with Crippen molar-refractivity contribution in [3.63, 3.8) is 0 Å². The Morgan fingerprint density at radius 2 is 2.22 bits per heavy atom. The summed E-state index contributed by atoms with van der Waals surface area (Å²) in [7, 11) is 0. The Balaban J connectivity index is 2.01. The van der Waals surface area contributed by atoms with Crippen LogP contribution >= 0.6 is 15.9 Å². The van der Waals surface area contributed by atoms with E-state index in [1.807, 2.05) is 0 Å². The van der Waals surface area contributed by atoms with E-state index in [0.717, 1.165) is 18.7 Å². The summed E-state index contributed by atoms with van der Waals surface area (Å²) < 4.78 is 2.24. The van der Waals surface area contributed by atoms with Crippen molar-refractivity contribution in [3.05, 3.63) is 34.5 Å². The molecular formula is C11H10BrN5O. The predicted molar refractivity (Wildman–Crippen MR) is 67.3 cm³/mol. The quantitative estimate of drug-likeness (QED) is 0.868. The van der Waals surface area contributed by atoms with Gasteiger partial charge in [-0.25, -0.2) is 14.6 Å². The van der Waals surface area contributed by atoms with Crippen LogP contribution in [-0.4, -0.2) is 25.7 Å². The highest BCUT2D eigenvalue weighted by Crippen LogP contribution is 2.38. The van der Waals surface area contributed by atoms with Crippen LogP contribution in [0.15, 0.2) is 22.9 Å². The molecule has 1 aliphatic carbocycles. The second-order valence-electron chi connectivity index (χ2n) is 4.19. The van der Waals surface area contributed by atoms with E-state index in [1.165, 1.54) is 4.68 Å². The van der Waals surface area contributed by atoms with Gasteiger partial charge in [0, 0.05) is 18.2 Å². The topological polar surface area (TPSA) is 86.7 Å². The molecule has 2 aromatic heterocycles. The Morgan fingerprint density at radius 1 is 1.44 bits per heavy atom. The van der Waals surface area contributed by atoms with Crippen LogP contribution in [-0.2, 0) is 0 Å². The summed E-state index contributed by atoms with van der Waals surface area (Å²) in [4.78, 5) is 19.8. The van der Waals surface area contributed by atoms with Crippen LogP contribution in [0.2, 0.25) is 0 Å². The van der Waals surface area contributed by atoms with Crippen LogP contribution in [0, 0.1) is 0 Å². The van der Waals surface area contributed by atoms with Crippen LogP contribution in [0.25, 0.3) is 5.82 Å². The number of primary amides is 1. The third-order valence-corrected chi connectivity index (χ3v) is 3.12. The van der Waals surface area contributed by atoms with E-state index in [9.17, 15) is 4.79 Å². The molecule has 0 aliphatic heterocycles. The summed E-state index contributed by atoms with van der Waals surface area (Å²) in [5.74, 6) is 1.35. The van der Waals surface area contributed by atoms with E-state index < -0.39 is 5.91 Å². The molecule has 0 radical (unpaired) electrons. The fraction of sp³-hybridized carbons (Fsp3) is 0.273. The Morgan fingerprint density at radius 3 is 2.83 bits per heavy atom. The van der Waals surface area contributed by atoms with Crippen LogP contribution < -0.4 is 5.73 Å². The summed E-state index contributed by atoms with van der Waals surface area (Å²) in [5.41, 5.74) is 5.39. The van der Waals surface area contributed by atoms with Gasteiger partial charge in [0.05, 0.1) is 0 Å². The average molecular weight is 308 g/mol. The lowest BCUT2D eigenvalue weighted by Gasteiger charge is -2.04. The van der Waals surface area contributed by atoms with Gasteiger partial charge in [-0.2, -0.15) is 5.10 Å². The first-order valence-corrected chi connectivity index (χ1v) is 6.33. The number of hydrogen-bond donors (Lipinski definition) is 1. The van der Waals surface area contributed by atoms with Gasteiger partial charge in [-0.1, -0.05) is 0 Å². The van der Waals surface area contributed by atoms with Crippen molar-refractivity contribution >= 4 is 21.8 Å². The molecule has 0 bridgehead atoms. The zero-order valence-electron chi connectivity index (χ0n) is 9.38. The minimum absolute atomic E-state index is 0.220. The number of hydrogen-bond acceptors (Lipinski definition) is 4. The van der Waals surface area contributed by atoms with Crippen molar-refractivity contribution in [1.82, 2.24) is 19.7 Å². The molecule has 2 aromatic rings. The van der Waals surface area contributed by atoms with Crippen molar-refractivity contribution in [2.45, 2.75) is 18.8 Å². The maximum absolute atomic E-state index is 11.0. The molecule has 0 spiro atoms. The van der Waals surface area contributed by atoms with E-state index in [0.29, 0.717) is 16.3 Å². The van der Waals surface area contributed by atoms with Gasteiger partial charge in [0.2, 0.25) is 0 Å². The normalized spacial score (nSPS) is 14.7. The number of halogens is 1. The fourth-order valence-electron chi connectivity index (χ4n) is 1.65. The first-order chi connectivity index (χ1) is 8.63. The van der Waals surface area contributed by atoms with Crippen molar-refractivity contribution in [2.75, 3.05) is 0 Å². The molecule has 1 amide bonds. The van der Waals surface area contributed by atoms with Crippen molar-refractivity contribution < 1.29 is 4.79 Å². The fourth-order valence-corrected chi connectivity index (χ4v) is 2.03. The van der Waals surface area contributed by atoms with Gasteiger partial charge in [0.25, 0.3) is 5.91 Å². The number of carbonyl (C=O) groups excluding carboxylic acids is 1. The predicted octanol–water partition coefficient (Wildman–Crippen LogP) is 1.40. The first kappa shape index (κ1) is 11.3. The van der Waals surface area contributed by atoms with Crippen LogP contribution in [0.5, 0.6) is 0 Å². The Kier molecular flexibility index (Phi) is 2.62. The minimum atomic E-state index is -0.552. The Labute approximate surface area is 111 Å². The smallest absolute Gasteiger partial charge is 0.269 e. The third kappa shape index (κ3) is 2.13. The molecule has 1 fully saturated rings. The summed E-state index contributed by atoms with van der Waals surface area (Å²) in [6, 6.07) is 3.32. The van der Waals surface area contributed by atoms with Crippen molar-refractivity contribution in [3.8, 4) is 5.82 Å². The van der Waals surface area contributed by atoms with Gasteiger partial charge >= 0.3 is 0 Å². The molecule has 2 heterocycles. The molecule has 7 heteroatoms. The van der Waals surface area contributed by atoms with Crippen molar-refractivity contribution in [1.29, 1.82) is 0 Å². The highest BCUT2D eigenvalue weighted by atomic mass is 79.9. The number of amides is 1. The summed E-state index contributed by atoms with van der Waals surface area (Å²) >= 11 is 3.36. The number of rotatable bonds is 3. The molecule has 92 valence electrons. The molecule has 0 atom stereocenters. The molecule has 0 aromatic carbocycles. The monoisotopic (exact) mass is 307 g/mol. The standard InChI is InChI=1S/C11H10BrN5O/c12-8-5-9(15-11(14-8)6-1-2-6)17-4-3-7(16-17)10(13)18/h3-6H,1-2H2,(H2,13,18). The third-order valence-electron chi connectivity index (χ3n) is 2.72. The minimum Gasteiger partial charge on any atom is -0.364 e. The van der Waals surface area contributed by atoms with E-state index >= 15 is 0 Å². The van der Waals surface area contributed by atoms with E-state index in [1.54, 1.807) is 18.3 Å². The van der Waals surface area contributed by atoms with Gasteiger partial charge in [-0.3, -0.25) is 4.79 Å². The highest BCUT2D eigenvalue weighted by molar-refractivity contribution is 9.10. The SMILES string of the molecule is NC(=O)c1ccn(-c2cc(Br)nc(C3CC3)n2)n1. The molecule has 1 aliphatic rings. The second kappa shape index (κ2) is 4.16. The van der Waals surface area contributed by atoms with Crippen molar-refractivity contribution in [2.24, 2.45) is 5.73 Å². The Bertz CT molecular complexity index is 620. The molecule has 18 heavy (non-hydrogen) atoms. The molecule has 3 rings (SSSR count). The molecule has 6 nitrogen and oxygen atoms in total. The van der Waals surface area contributed by atoms with Crippen LogP contribution in [0.3, 0.4) is 0 Å². The van der Waals surface area contributed by atoms with Crippen LogP contribution in [0.4, 0.5) is 0 Å². The lowest BCUT2D eigenvalue weighted by molar-refractivity contribution is 0.0995. The lowest BCUT2D eigenvalue weighted by atomic mass is 10.4. The van der Waals surface area contributed by atoms with Crippen LogP contribution in [0.1, 0.15) is 35.1 Å². The lowest BCUT2D eigenvalue weighted by Crippen LogP contribution is -2.12. The van der Waals surface area contributed by atoms with Gasteiger partial charge in [0.15, 0.2) is 5.82 Å². The summed E-state index contributed by atoms with van der Waals surface area (Å²) in [6.45, 7) is 0. The highest BCUT2D eigenvalue weighted by Gasteiger charge is 2.27. The zero-order chi connectivity index (χ0) is 12.7. The largest absolute Gasteiger partial charge is 0.364 e. The number of aromatic nitrogens is 4. The van der Waals surface area contributed by atoms with E-state index in [2.05, 4.69) is 31.0 Å². The summed E-state index contributed by atoms with van der Waals surface area (Å²) in [6.07, 6.45) is 3.91. The van der Waals surface area contributed by atoms with Gasteiger partial charge in [-0.15, -0.1) is 0 Å². The first-order valence-electron chi connectivity index (χ1n) is 5.54. The average Bonchev–Trinajstić information content (AvgIpc) is 3.05. The van der Waals surface area contributed by atoms with Gasteiger partial charge in [0.1, 0.15) is 16.1 Å². The zero-order valence-corrected chi connectivity index (χ0v) is 11.0. The molecule has 1 saturated carbocycles. The summed E-state index contributed by atoms with van der Waals surface area (Å²) in [5, 5.41) is 4.07. The molecule has 0 unspecified atom stereocenters. The van der Waals surface area contributed by atoms with Gasteiger partial charge < -0.3 is 5.73 Å². The van der Waals surface area contributed by atoms with E-state index in [-0.39, 0.29) is 5.69 Å². The number of nitrogens with zero attached hydrogens (tertiary/aromatic N) is 4. The molecule has 2 N–H and O–H groups in total. The van der Waals surface area contributed by atoms with E-state index in [4.69, 9.17) is 5.73 Å². The maximum Gasteiger partial charge on any atom is 0.269 e. The molecule has 0 saturated heterocycles. The van der Waals surface area contributed by atoms with Gasteiger partial charge in [-0.05, 0) is 34.8 Å². The molecular weight excluding hydrogens is 298 g/mol. The number of nitrogens with two attached hydrogens (primary N) is 1. The maximum atomic E-state index is 11.0. The second-order valence-corrected chi connectivity index (χ2v) is 5.00.